The number of nitrogens with one attached hydrogen (secondary N) is 1. The van der Waals surface area contributed by atoms with E-state index in [0.29, 0.717) is 24.6 Å². The highest BCUT2D eigenvalue weighted by Crippen LogP contribution is 2.00. The predicted octanol–water partition coefficient (Wildman–Crippen LogP) is 0.507. The van der Waals surface area contributed by atoms with E-state index in [1.165, 1.54) is 4.90 Å². The summed E-state index contributed by atoms with van der Waals surface area (Å²) in [4.78, 5) is 23.9. The first-order valence-corrected chi connectivity index (χ1v) is 7.51. The number of aliphatic carboxylic acids is 1. The Kier molecular flexibility index (Phi) is 8.36. The molecule has 0 spiro atoms. The molecule has 0 rings (SSSR count). The Labute approximate surface area is 110 Å². The summed E-state index contributed by atoms with van der Waals surface area (Å²) < 4.78 is 11.2. The van der Waals surface area contributed by atoms with Gasteiger partial charge in [0.1, 0.15) is 0 Å². The number of carbonyl (C=O) groups excluding carboxylic acids is 1. The van der Waals surface area contributed by atoms with E-state index < -0.39 is 22.7 Å². The topological polar surface area (TPSA) is 86.7 Å². The maximum Gasteiger partial charge on any atom is 0.317 e. The molecule has 2 unspecified atom stereocenters. The largest absolute Gasteiger partial charge is 0.481 e. The van der Waals surface area contributed by atoms with E-state index in [9.17, 15) is 13.8 Å². The van der Waals surface area contributed by atoms with Gasteiger partial charge < -0.3 is 15.3 Å². The van der Waals surface area contributed by atoms with Gasteiger partial charge in [0.25, 0.3) is 0 Å². The molecule has 0 radical (unpaired) electrons. The minimum atomic E-state index is -0.923. The Balaban J connectivity index is 4.11. The van der Waals surface area contributed by atoms with Gasteiger partial charge >= 0.3 is 12.0 Å². The smallest absolute Gasteiger partial charge is 0.317 e. The summed E-state index contributed by atoms with van der Waals surface area (Å²) in [6, 6.07) is -0.307. The summed E-state index contributed by atoms with van der Waals surface area (Å²) in [5, 5.41) is 11.4. The average molecular weight is 278 g/mol. The van der Waals surface area contributed by atoms with Crippen molar-refractivity contribution in [1.82, 2.24) is 10.2 Å². The number of nitrogens with zero attached hydrogens (tertiary/aromatic N) is 1. The van der Waals surface area contributed by atoms with Gasteiger partial charge in [0.15, 0.2) is 0 Å². The maximum atomic E-state index is 11.7. The van der Waals surface area contributed by atoms with Crippen LogP contribution in [0.5, 0.6) is 0 Å². The van der Waals surface area contributed by atoms with Crippen LogP contribution in [0, 0.1) is 5.92 Å². The molecule has 2 N–H and O–H groups in total. The molecule has 18 heavy (non-hydrogen) atoms. The molecule has 0 heterocycles. The van der Waals surface area contributed by atoms with Crippen molar-refractivity contribution in [2.75, 3.05) is 31.1 Å². The van der Waals surface area contributed by atoms with Crippen molar-refractivity contribution in [2.45, 2.75) is 20.8 Å². The first-order valence-electron chi connectivity index (χ1n) is 6.02. The summed E-state index contributed by atoms with van der Waals surface area (Å²) in [5.41, 5.74) is 0. The SMILES string of the molecule is CCN(CC(C)C(=O)O)C(=O)NCCS(=O)CC. The van der Waals surface area contributed by atoms with E-state index in [0.717, 1.165) is 0 Å². The lowest BCUT2D eigenvalue weighted by Crippen LogP contribution is -2.44. The molecule has 0 aromatic heterocycles. The Bertz CT molecular complexity index is 309. The highest BCUT2D eigenvalue weighted by molar-refractivity contribution is 7.84. The Hall–Kier alpha value is -1.11. The molecule has 106 valence electrons. The van der Waals surface area contributed by atoms with E-state index in [4.69, 9.17) is 5.11 Å². The van der Waals surface area contributed by atoms with Crippen molar-refractivity contribution >= 4 is 22.8 Å². The second-order valence-electron chi connectivity index (χ2n) is 3.94. The molecule has 0 aliphatic rings. The molecular weight excluding hydrogens is 256 g/mol. The summed E-state index contributed by atoms with van der Waals surface area (Å²) in [5.74, 6) is -0.522. The number of hydrogen-bond donors (Lipinski definition) is 2. The number of hydrogen-bond acceptors (Lipinski definition) is 3. The van der Waals surface area contributed by atoms with Gasteiger partial charge in [0.05, 0.1) is 5.92 Å². The van der Waals surface area contributed by atoms with E-state index >= 15 is 0 Å². The number of carboxylic acid groups (broad SMARTS) is 1. The average Bonchev–Trinajstić information content (AvgIpc) is 2.34. The second kappa shape index (κ2) is 8.91. The number of carboxylic acids is 1. The van der Waals surface area contributed by atoms with Gasteiger partial charge in [0, 0.05) is 41.9 Å². The fourth-order valence-electron chi connectivity index (χ4n) is 1.29. The second-order valence-corrected chi connectivity index (χ2v) is 5.81. The van der Waals surface area contributed by atoms with E-state index in [2.05, 4.69) is 5.32 Å². The van der Waals surface area contributed by atoms with Crippen molar-refractivity contribution in [3.63, 3.8) is 0 Å². The molecule has 0 fully saturated rings. The van der Waals surface area contributed by atoms with Gasteiger partial charge in [0.2, 0.25) is 0 Å². The summed E-state index contributed by atoms with van der Waals surface area (Å²) >= 11 is 0. The Morgan fingerprint density at radius 2 is 2.00 bits per heavy atom. The van der Waals surface area contributed by atoms with Gasteiger partial charge in [-0.3, -0.25) is 9.00 Å². The van der Waals surface area contributed by atoms with Gasteiger partial charge in [-0.2, -0.15) is 0 Å². The van der Waals surface area contributed by atoms with Gasteiger partial charge in [-0.05, 0) is 6.92 Å². The molecule has 2 atom stereocenters. The predicted molar refractivity (Wildman–Crippen MR) is 71.0 cm³/mol. The fourth-order valence-corrected chi connectivity index (χ4v) is 1.91. The number of rotatable bonds is 8. The van der Waals surface area contributed by atoms with Crippen LogP contribution in [0.2, 0.25) is 0 Å². The maximum absolute atomic E-state index is 11.7. The van der Waals surface area contributed by atoms with E-state index in [-0.39, 0.29) is 12.6 Å². The third kappa shape index (κ3) is 6.58. The fraction of sp³-hybridized carbons (Fsp3) is 0.818. The zero-order valence-electron chi connectivity index (χ0n) is 11.1. The lowest BCUT2D eigenvalue weighted by atomic mass is 10.2. The molecule has 6 nitrogen and oxygen atoms in total. The molecule has 0 saturated heterocycles. The van der Waals surface area contributed by atoms with Crippen LogP contribution in [-0.4, -0.2) is 57.4 Å². The Morgan fingerprint density at radius 3 is 2.44 bits per heavy atom. The lowest BCUT2D eigenvalue weighted by molar-refractivity contribution is -0.141. The van der Waals surface area contributed by atoms with Crippen molar-refractivity contribution in [3.8, 4) is 0 Å². The molecule has 0 aromatic carbocycles. The van der Waals surface area contributed by atoms with Crippen LogP contribution >= 0.6 is 0 Å². The molecule has 7 heteroatoms. The molecular formula is C11H22N2O4S. The zero-order valence-corrected chi connectivity index (χ0v) is 12.0. The minimum absolute atomic E-state index is 0.175. The molecule has 2 amide bonds. The molecule has 0 saturated carbocycles. The number of carbonyl (C=O) groups is 2. The van der Waals surface area contributed by atoms with E-state index in [1.807, 2.05) is 6.92 Å². The van der Waals surface area contributed by atoms with Crippen molar-refractivity contribution in [1.29, 1.82) is 0 Å². The van der Waals surface area contributed by atoms with Crippen LogP contribution in [0.3, 0.4) is 0 Å². The minimum Gasteiger partial charge on any atom is -0.481 e. The van der Waals surface area contributed by atoms with E-state index in [1.54, 1.807) is 13.8 Å². The third-order valence-electron chi connectivity index (χ3n) is 2.51. The number of urea groups is 1. The molecule has 0 aromatic rings. The van der Waals surface area contributed by atoms with Crippen LogP contribution in [0.15, 0.2) is 0 Å². The molecule has 0 aliphatic heterocycles. The van der Waals surface area contributed by atoms with Crippen LogP contribution < -0.4 is 5.32 Å². The molecule has 0 aliphatic carbocycles. The standard InChI is InChI=1S/C11H22N2O4S/c1-4-13(8-9(3)10(14)15)11(16)12-6-7-18(17)5-2/h9H,4-8H2,1-3H3,(H,12,16)(H,14,15). The highest BCUT2D eigenvalue weighted by Gasteiger charge is 2.18. The Morgan fingerprint density at radius 1 is 1.39 bits per heavy atom. The van der Waals surface area contributed by atoms with Crippen LogP contribution in [-0.2, 0) is 15.6 Å². The van der Waals surface area contributed by atoms with Gasteiger partial charge in [-0.1, -0.05) is 13.8 Å². The first kappa shape index (κ1) is 16.9. The van der Waals surface area contributed by atoms with Gasteiger partial charge in [-0.25, -0.2) is 4.79 Å². The quantitative estimate of drug-likeness (QED) is 0.677. The monoisotopic (exact) mass is 278 g/mol. The van der Waals surface area contributed by atoms with Crippen LogP contribution in [0.1, 0.15) is 20.8 Å². The van der Waals surface area contributed by atoms with Crippen LogP contribution in [0.4, 0.5) is 4.79 Å². The highest BCUT2D eigenvalue weighted by atomic mass is 32.2. The number of amides is 2. The van der Waals surface area contributed by atoms with Crippen molar-refractivity contribution < 1.29 is 18.9 Å². The van der Waals surface area contributed by atoms with Crippen molar-refractivity contribution in [2.24, 2.45) is 5.92 Å². The molecule has 0 bridgehead atoms. The normalized spacial score (nSPS) is 13.7. The first-order chi connectivity index (χ1) is 8.42. The van der Waals surface area contributed by atoms with Gasteiger partial charge in [-0.15, -0.1) is 0 Å². The van der Waals surface area contributed by atoms with Crippen molar-refractivity contribution in [3.05, 3.63) is 0 Å². The lowest BCUT2D eigenvalue weighted by Gasteiger charge is -2.23. The summed E-state index contributed by atoms with van der Waals surface area (Å²) in [6.07, 6.45) is 0. The van der Waals surface area contributed by atoms with Crippen LogP contribution in [0.25, 0.3) is 0 Å². The zero-order chi connectivity index (χ0) is 14.1. The third-order valence-corrected chi connectivity index (χ3v) is 3.82. The summed E-state index contributed by atoms with van der Waals surface area (Å²) in [7, 11) is -0.904. The summed E-state index contributed by atoms with van der Waals surface area (Å²) in [6.45, 7) is 6.14.